The van der Waals surface area contributed by atoms with Gasteiger partial charge in [0.15, 0.2) is 0 Å². The molecule has 0 spiro atoms. The number of nitro benzene ring substituents is 1. The van der Waals surface area contributed by atoms with Crippen LogP contribution in [0.15, 0.2) is 65.5 Å². The molecule has 1 amide bonds. The third-order valence-electron chi connectivity index (χ3n) is 4.71. The number of rotatable bonds is 4. The number of aromatic nitrogens is 2. The van der Waals surface area contributed by atoms with Crippen molar-refractivity contribution in [2.45, 2.75) is 13.0 Å². The summed E-state index contributed by atoms with van der Waals surface area (Å²) >= 11 is 0. The highest BCUT2D eigenvalue weighted by Crippen LogP contribution is 2.27. The number of carbonyl (C=O) groups is 1. The lowest BCUT2D eigenvalue weighted by atomic mass is 10.1. The van der Waals surface area contributed by atoms with Crippen molar-refractivity contribution in [2.24, 2.45) is 0 Å². The van der Waals surface area contributed by atoms with Crippen LogP contribution in [0.3, 0.4) is 0 Å². The summed E-state index contributed by atoms with van der Waals surface area (Å²) in [6.45, 7) is 0.406. The zero-order valence-electron chi connectivity index (χ0n) is 14.8. The third-order valence-corrected chi connectivity index (χ3v) is 4.71. The molecule has 0 aliphatic carbocycles. The molecule has 0 saturated heterocycles. The maximum Gasteiger partial charge on any atom is 0.269 e. The maximum absolute atomic E-state index is 12.7. The molecule has 0 unspecified atom stereocenters. The van der Waals surface area contributed by atoms with Crippen molar-refractivity contribution in [1.29, 1.82) is 0 Å². The number of hydrogen-bond acceptors (Lipinski definition) is 5. The summed E-state index contributed by atoms with van der Waals surface area (Å²) < 4.78 is 1.13. The number of non-ortho nitro benzene ring substituents is 1. The Labute approximate surface area is 159 Å². The van der Waals surface area contributed by atoms with Crippen LogP contribution in [0.2, 0.25) is 0 Å². The van der Waals surface area contributed by atoms with E-state index in [-0.39, 0.29) is 23.7 Å². The zero-order valence-corrected chi connectivity index (χ0v) is 14.8. The molecule has 0 N–H and O–H groups in total. The van der Waals surface area contributed by atoms with E-state index >= 15 is 0 Å². The minimum absolute atomic E-state index is 0.0278. The number of carbonyl (C=O) groups excluding carboxylic acids is 1. The molecule has 0 bridgehead atoms. The first kappa shape index (κ1) is 17.6. The molecule has 1 aliphatic heterocycles. The van der Waals surface area contributed by atoms with E-state index in [1.807, 2.05) is 24.3 Å². The smallest absolute Gasteiger partial charge is 0.269 e. The van der Waals surface area contributed by atoms with E-state index < -0.39 is 4.92 Å². The van der Waals surface area contributed by atoms with Gasteiger partial charge in [-0.15, -0.1) is 0 Å². The van der Waals surface area contributed by atoms with Gasteiger partial charge in [-0.3, -0.25) is 19.7 Å². The Morgan fingerprint density at radius 3 is 2.57 bits per heavy atom. The average Bonchev–Trinajstić information content (AvgIpc) is 3.14. The molecule has 0 saturated carbocycles. The quantitative estimate of drug-likeness (QED) is 0.514. The molecule has 3 aromatic rings. The van der Waals surface area contributed by atoms with Crippen LogP contribution in [0.25, 0.3) is 11.3 Å². The molecule has 2 aromatic carbocycles. The zero-order chi connectivity index (χ0) is 19.7. The van der Waals surface area contributed by atoms with Gasteiger partial charge in [0.25, 0.3) is 11.2 Å². The Bertz CT molecular complexity index is 1120. The van der Waals surface area contributed by atoms with Gasteiger partial charge in [-0.25, -0.2) is 4.68 Å². The first-order valence-electron chi connectivity index (χ1n) is 8.74. The van der Waals surface area contributed by atoms with Gasteiger partial charge in [-0.2, -0.15) is 5.10 Å². The van der Waals surface area contributed by atoms with E-state index in [0.717, 1.165) is 22.4 Å². The highest BCUT2D eigenvalue weighted by atomic mass is 16.6. The fraction of sp³-hybridized carbons (Fsp3) is 0.150. The minimum atomic E-state index is -0.481. The van der Waals surface area contributed by atoms with Gasteiger partial charge in [0.1, 0.15) is 6.54 Å². The van der Waals surface area contributed by atoms with Crippen LogP contribution >= 0.6 is 0 Å². The Morgan fingerprint density at radius 1 is 1.07 bits per heavy atom. The second-order valence-corrected chi connectivity index (χ2v) is 6.44. The Hall–Kier alpha value is -3.81. The lowest BCUT2D eigenvalue weighted by molar-refractivity contribution is -0.384. The van der Waals surface area contributed by atoms with Crippen molar-refractivity contribution in [1.82, 2.24) is 9.78 Å². The van der Waals surface area contributed by atoms with Gasteiger partial charge in [0.2, 0.25) is 5.91 Å². The second kappa shape index (κ2) is 7.07. The summed E-state index contributed by atoms with van der Waals surface area (Å²) in [5.74, 6) is -0.208. The normalized spacial score (nSPS) is 12.6. The molecule has 2 heterocycles. The standard InChI is InChI=1S/C20H16N4O4/c25-19-10-9-17(14-5-7-16(8-6-14)24(27)28)21-23(19)13-20(26)22-12-11-15-3-1-2-4-18(15)22/h1-10H,11-13H2. The number of benzene rings is 2. The van der Waals surface area contributed by atoms with Crippen LogP contribution in [0.1, 0.15) is 5.56 Å². The van der Waals surface area contributed by atoms with Crippen LogP contribution in [0.4, 0.5) is 11.4 Å². The van der Waals surface area contributed by atoms with Gasteiger partial charge in [-0.05, 0) is 36.2 Å². The van der Waals surface area contributed by atoms with Crippen molar-refractivity contribution in [3.63, 3.8) is 0 Å². The lowest BCUT2D eigenvalue weighted by Crippen LogP contribution is -2.36. The van der Waals surface area contributed by atoms with Crippen LogP contribution in [-0.2, 0) is 17.8 Å². The van der Waals surface area contributed by atoms with E-state index in [2.05, 4.69) is 5.10 Å². The van der Waals surface area contributed by atoms with Gasteiger partial charge in [0.05, 0.1) is 10.6 Å². The highest BCUT2D eigenvalue weighted by Gasteiger charge is 2.24. The lowest BCUT2D eigenvalue weighted by Gasteiger charge is -2.17. The number of amides is 1. The Balaban J connectivity index is 1.59. The summed E-state index contributed by atoms with van der Waals surface area (Å²) in [5.41, 5.74) is 2.65. The summed E-state index contributed by atoms with van der Waals surface area (Å²) in [5, 5.41) is 15.1. The maximum atomic E-state index is 12.7. The van der Waals surface area contributed by atoms with E-state index in [1.54, 1.807) is 17.0 Å². The predicted molar refractivity (Wildman–Crippen MR) is 103 cm³/mol. The third kappa shape index (κ3) is 3.27. The Kier molecular flexibility index (Phi) is 4.44. The van der Waals surface area contributed by atoms with Gasteiger partial charge in [-0.1, -0.05) is 18.2 Å². The fourth-order valence-corrected chi connectivity index (χ4v) is 3.28. The van der Waals surface area contributed by atoms with Crippen molar-refractivity contribution in [2.75, 3.05) is 11.4 Å². The Morgan fingerprint density at radius 2 is 1.82 bits per heavy atom. The summed E-state index contributed by atoms with van der Waals surface area (Å²) in [6.07, 6.45) is 0.785. The summed E-state index contributed by atoms with van der Waals surface area (Å²) in [4.78, 5) is 36.9. The first-order chi connectivity index (χ1) is 13.5. The molecule has 28 heavy (non-hydrogen) atoms. The van der Waals surface area contributed by atoms with Gasteiger partial charge < -0.3 is 4.90 Å². The fourth-order valence-electron chi connectivity index (χ4n) is 3.28. The SMILES string of the molecule is O=C(Cn1nc(-c2ccc([N+](=O)[O-])cc2)ccc1=O)N1CCc2ccccc21. The van der Waals surface area contributed by atoms with E-state index in [4.69, 9.17) is 0 Å². The molecular weight excluding hydrogens is 360 g/mol. The number of nitro groups is 1. The predicted octanol–water partition coefficient (Wildman–Crippen LogP) is 2.41. The molecular formula is C20H16N4O4. The van der Waals surface area contributed by atoms with Crippen molar-refractivity contribution in [3.8, 4) is 11.3 Å². The molecule has 8 nitrogen and oxygen atoms in total. The topological polar surface area (TPSA) is 98.3 Å². The van der Waals surface area contributed by atoms with E-state index in [9.17, 15) is 19.7 Å². The first-order valence-corrected chi connectivity index (χ1v) is 8.74. The van der Waals surface area contributed by atoms with Crippen molar-refractivity contribution < 1.29 is 9.72 Å². The molecule has 8 heteroatoms. The van der Waals surface area contributed by atoms with Crippen molar-refractivity contribution >= 4 is 17.3 Å². The van der Waals surface area contributed by atoms with Crippen molar-refractivity contribution in [3.05, 3.63) is 86.7 Å². The van der Waals surface area contributed by atoms with Crippen LogP contribution in [0, 0.1) is 10.1 Å². The number of fused-ring (bicyclic) bond motifs is 1. The number of nitrogens with zero attached hydrogens (tertiary/aromatic N) is 4. The molecule has 0 fully saturated rings. The van der Waals surface area contributed by atoms with E-state index in [1.165, 1.54) is 24.3 Å². The molecule has 1 aromatic heterocycles. The summed E-state index contributed by atoms with van der Waals surface area (Å²) in [7, 11) is 0. The molecule has 0 radical (unpaired) electrons. The monoisotopic (exact) mass is 376 g/mol. The average molecular weight is 376 g/mol. The summed E-state index contributed by atoms with van der Waals surface area (Å²) in [6, 6.07) is 16.5. The largest absolute Gasteiger partial charge is 0.310 e. The molecule has 4 rings (SSSR count). The van der Waals surface area contributed by atoms with Crippen LogP contribution < -0.4 is 10.5 Å². The van der Waals surface area contributed by atoms with Gasteiger partial charge in [0, 0.05) is 36.0 Å². The second-order valence-electron chi connectivity index (χ2n) is 6.44. The highest BCUT2D eigenvalue weighted by molar-refractivity contribution is 5.95. The van der Waals surface area contributed by atoms with Crippen LogP contribution in [0.5, 0.6) is 0 Å². The number of anilines is 1. The van der Waals surface area contributed by atoms with E-state index in [0.29, 0.717) is 17.8 Å². The molecule has 140 valence electrons. The minimum Gasteiger partial charge on any atom is -0.310 e. The van der Waals surface area contributed by atoms with Crippen LogP contribution in [-0.4, -0.2) is 27.2 Å². The number of hydrogen-bond donors (Lipinski definition) is 0. The van der Waals surface area contributed by atoms with Gasteiger partial charge >= 0.3 is 0 Å². The molecule has 1 aliphatic rings. The molecule has 0 atom stereocenters. The number of para-hydroxylation sites is 1.